The number of hydrogen-bond acceptors (Lipinski definition) is 15. The van der Waals surface area contributed by atoms with Crippen molar-refractivity contribution < 1.29 is 68.0 Å². The molecule has 0 saturated carbocycles. The number of phenols is 2. The van der Waals surface area contributed by atoms with Crippen molar-refractivity contribution in [3.8, 4) is 28.7 Å². The van der Waals surface area contributed by atoms with Crippen LogP contribution in [0.2, 0.25) is 0 Å². The number of methoxy groups -OCH3 is 3. The second kappa shape index (κ2) is 13.6. The zero-order valence-electron chi connectivity index (χ0n) is 28.1. The summed E-state index contributed by atoms with van der Waals surface area (Å²) < 4.78 is 32.9. The van der Waals surface area contributed by atoms with Crippen molar-refractivity contribution in [2.45, 2.75) is 62.4 Å². The number of hydrogen-bond donors (Lipinski definition) is 5. The molecule has 6 atom stereocenters. The summed E-state index contributed by atoms with van der Waals surface area (Å²) in [5, 5.41) is 45.7. The van der Waals surface area contributed by atoms with Crippen LogP contribution in [0.3, 0.4) is 0 Å². The zero-order chi connectivity index (χ0) is 36.9. The van der Waals surface area contributed by atoms with Gasteiger partial charge in [0.15, 0.2) is 30.2 Å². The Labute approximate surface area is 291 Å². The third-order valence-electron chi connectivity index (χ3n) is 9.62. The second-order valence-corrected chi connectivity index (χ2v) is 12.6. The van der Waals surface area contributed by atoms with Crippen LogP contribution >= 0.6 is 0 Å². The Balaban J connectivity index is 1.38. The number of ether oxygens (including phenoxy) is 6. The molecule has 15 heteroatoms. The van der Waals surface area contributed by atoms with Gasteiger partial charge in [0.1, 0.15) is 22.8 Å². The fourth-order valence-corrected chi connectivity index (χ4v) is 6.92. The van der Waals surface area contributed by atoms with E-state index in [0.717, 1.165) is 0 Å². The highest BCUT2D eigenvalue weighted by atomic mass is 16.7. The molecule has 0 spiro atoms. The molecule has 1 aliphatic heterocycles. The highest BCUT2D eigenvalue weighted by molar-refractivity contribution is 6.31. The number of fused-ring (bicyclic) bond motifs is 3. The normalized spacial score (nSPS) is 25.3. The van der Waals surface area contributed by atoms with Crippen molar-refractivity contribution in [3.63, 3.8) is 0 Å². The summed E-state index contributed by atoms with van der Waals surface area (Å²) in [5.74, 6) is -4.32. The maximum absolute atomic E-state index is 13.9. The molecule has 0 aromatic heterocycles. The first kappa shape index (κ1) is 35.8. The van der Waals surface area contributed by atoms with E-state index in [0.29, 0.717) is 5.75 Å². The van der Waals surface area contributed by atoms with E-state index in [4.69, 9.17) is 34.2 Å². The van der Waals surface area contributed by atoms with Crippen LogP contribution in [0.25, 0.3) is 0 Å². The van der Waals surface area contributed by atoms with Gasteiger partial charge in [0.2, 0.25) is 11.6 Å². The van der Waals surface area contributed by atoms with Gasteiger partial charge in [-0.25, -0.2) is 4.79 Å². The third kappa shape index (κ3) is 6.06. The largest absolute Gasteiger partial charge is 0.507 e. The molecule has 1 heterocycles. The van der Waals surface area contributed by atoms with Crippen LogP contribution < -0.4 is 19.9 Å². The number of esters is 1. The minimum absolute atomic E-state index is 0.0269. The Kier molecular flexibility index (Phi) is 9.52. The van der Waals surface area contributed by atoms with Crippen molar-refractivity contribution in [3.05, 3.63) is 75.3 Å². The standard InChI is InChI=1S/C36H37NO14/c1-15-30(39)19(37)11-25(50-15)51-23-13-36(45,24(38)14-49-35(44)16-8-9-20(46-2)22(10-16)48-4)12-18-27(23)34(43)29-28(32(18)41)31(40)17-6-5-7-21(47-3)26(17)33(29)42/h5-10,15,19,23,25,30,39,41,43,45H,11-14,37H2,1-4H3/t15-,19-,23-,25-,30+,36-/m0/s1. The Bertz CT molecular complexity index is 1930. The van der Waals surface area contributed by atoms with Gasteiger partial charge in [-0.05, 0) is 31.2 Å². The molecule has 1 fully saturated rings. The van der Waals surface area contributed by atoms with Gasteiger partial charge >= 0.3 is 5.97 Å². The lowest BCUT2D eigenvalue weighted by atomic mass is 9.72. The molecule has 2 aliphatic carbocycles. The molecule has 0 amide bonds. The number of nitrogens with two attached hydrogens (primary N) is 1. The topological polar surface area (TPSA) is 231 Å². The molecule has 6 rings (SSSR count). The Morgan fingerprint density at radius 3 is 2.29 bits per heavy atom. The monoisotopic (exact) mass is 707 g/mol. The summed E-state index contributed by atoms with van der Waals surface area (Å²) in [6.07, 6.45) is -5.64. The molecule has 270 valence electrons. The lowest BCUT2D eigenvalue weighted by Crippen LogP contribution is -2.53. The fourth-order valence-electron chi connectivity index (χ4n) is 6.92. The summed E-state index contributed by atoms with van der Waals surface area (Å²) in [7, 11) is 4.11. The first-order valence-corrected chi connectivity index (χ1v) is 16.0. The molecule has 51 heavy (non-hydrogen) atoms. The van der Waals surface area contributed by atoms with Gasteiger partial charge in [-0.2, -0.15) is 0 Å². The summed E-state index contributed by atoms with van der Waals surface area (Å²) in [4.78, 5) is 54.3. The van der Waals surface area contributed by atoms with E-state index in [-0.39, 0.29) is 45.7 Å². The number of Topliss-reactive ketones (excluding diaryl/α,β-unsaturated/α-hetero) is 1. The summed E-state index contributed by atoms with van der Waals surface area (Å²) in [5.41, 5.74) is 2.09. The maximum Gasteiger partial charge on any atom is 0.338 e. The highest BCUT2D eigenvalue weighted by Crippen LogP contribution is 2.52. The molecule has 0 unspecified atom stereocenters. The van der Waals surface area contributed by atoms with Gasteiger partial charge in [-0.15, -0.1) is 0 Å². The average molecular weight is 708 g/mol. The van der Waals surface area contributed by atoms with Crippen molar-refractivity contribution in [2.24, 2.45) is 5.73 Å². The number of aromatic hydroxyl groups is 2. The molecular weight excluding hydrogens is 670 g/mol. The summed E-state index contributed by atoms with van der Waals surface area (Å²) >= 11 is 0. The van der Waals surface area contributed by atoms with Crippen molar-refractivity contribution >= 4 is 23.3 Å². The fraction of sp³-hybridized carbons (Fsp3) is 0.389. The molecule has 3 aromatic rings. The smallest absolute Gasteiger partial charge is 0.338 e. The highest BCUT2D eigenvalue weighted by Gasteiger charge is 2.50. The molecule has 15 nitrogen and oxygen atoms in total. The van der Waals surface area contributed by atoms with E-state index in [9.17, 15) is 39.6 Å². The quantitative estimate of drug-likeness (QED) is 0.124. The Morgan fingerprint density at radius 2 is 1.63 bits per heavy atom. The zero-order valence-corrected chi connectivity index (χ0v) is 28.1. The predicted molar refractivity (Wildman–Crippen MR) is 174 cm³/mol. The van der Waals surface area contributed by atoms with Crippen molar-refractivity contribution in [1.82, 2.24) is 0 Å². The van der Waals surface area contributed by atoms with Crippen molar-refractivity contribution in [2.75, 3.05) is 27.9 Å². The first-order chi connectivity index (χ1) is 24.2. The molecule has 6 N–H and O–H groups in total. The van der Waals surface area contributed by atoms with Gasteiger partial charge in [-0.3, -0.25) is 14.4 Å². The van der Waals surface area contributed by atoms with Gasteiger partial charge in [0, 0.05) is 42.0 Å². The molecule has 1 saturated heterocycles. The first-order valence-electron chi connectivity index (χ1n) is 16.0. The number of aliphatic hydroxyl groups is 2. The number of phenolic OH excluding ortho intramolecular Hbond substituents is 2. The van der Waals surface area contributed by atoms with E-state index in [1.807, 2.05) is 0 Å². The number of benzene rings is 3. The van der Waals surface area contributed by atoms with Crippen LogP contribution in [0, 0.1) is 0 Å². The van der Waals surface area contributed by atoms with Crippen LogP contribution in [0.15, 0.2) is 36.4 Å². The lowest BCUT2D eigenvalue weighted by molar-refractivity contribution is -0.247. The minimum Gasteiger partial charge on any atom is -0.507 e. The van der Waals surface area contributed by atoms with Crippen LogP contribution in [0.1, 0.15) is 79.2 Å². The van der Waals surface area contributed by atoms with Gasteiger partial charge in [-0.1, -0.05) is 12.1 Å². The van der Waals surface area contributed by atoms with E-state index in [1.165, 1.54) is 57.7 Å². The maximum atomic E-state index is 13.9. The number of ketones is 3. The second-order valence-electron chi connectivity index (χ2n) is 12.6. The van der Waals surface area contributed by atoms with Gasteiger partial charge in [0.05, 0.1) is 61.9 Å². The molecule has 0 bridgehead atoms. The number of aliphatic hydroxyl groups excluding tert-OH is 1. The predicted octanol–water partition coefficient (Wildman–Crippen LogP) is 1.88. The number of rotatable bonds is 9. The van der Waals surface area contributed by atoms with Crippen LogP contribution in [0.5, 0.6) is 28.7 Å². The number of carbonyl (C=O) groups is 4. The number of carbonyl (C=O) groups excluding carboxylic acids is 4. The Morgan fingerprint density at radius 1 is 0.941 bits per heavy atom. The van der Waals surface area contributed by atoms with Gasteiger partial charge < -0.3 is 54.6 Å². The molecule has 0 radical (unpaired) electrons. The van der Waals surface area contributed by atoms with Crippen molar-refractivity contribution in [1.29, 1.82) is 0 Å². The molecule has 3 aromatic carbocycles. The van der Waals surface area contributed by atoms with E-state index >= 15 is 0 Å². The third-order valence-corrected chi connectivity index (χ3v) is 9.62. The SMILES string of the molecule is COc1ccc(C(=O)OCC(=O)[C@]2(O)Cc3c(O)c4c(c(O)c3[C@@H](O[C@H]3C[C@H](N)[C@H](O)[C@H](C)O3)C2)C(=O)c2c(OC)cccc2C4=O)cc1OC. The molecule has 3 aliphatic rings. The van der Waals surface area contributed by atoms with Gasteiger partial charge in [0.25, 0.3) is 0 Å². The van der Waals surface area contributed by atoms with Crippen LogP contribution in [-0.2, 0) is 25.4 Å². The lowest BCUT2D eigenvalue weighted by Gasteiger charge is -2.42. The van der Waals surface area contributed by atoms with Crippen LogP contribution in [0.4, 0.5) is 0 Å². The van der Waals surface area contributed by atoms with E-state index < -0.39 is 102 Å². The Hall–Kier alpha value is -5.06. The molecular formula is C36H37NO14. The summed E-state index contributed by atoms with van der Waals surface area (Å²) in [6, 6.07) is 7.76. The average Bonchev–Trinajstić information content (AvgIpc) is 3.12. The van der Waals surface area contributed by atoms with E-state index in [2.05, 4.69) is 0 Å². The van der Waals surface area contributed by atoms with E-state index in [1.54, 1.807) is 6.92 Å². The minimum atomic E-state index is -2.39. The van der Waals surface area contributed by atoms with Crippen LogP contribution in [-0.4, -0.2) is 102 Å². The summed E-state index contributed by atoms with van der Waals surface area (Å²) in [6.45, 7) is 0.651.